The molecule has 36 heavy (non-hydrogen) atoms. The SMILES string of the molecule is COc1cc(/C=C2/SC(=Nc3cccc(Cl)c3C)NC2=O)cc(Cl)c1OCc1cccc(C(=O)O)c1. The minimum atomic E-state index is -1.02. The second-order valence-electron chi connectivity index (χ2n) is 7.69. The Morgan fingerprint density at radius 3 is 2.67 bits per heavy atom. The van der Waals surface area contributed by atoms with E-state index in [1.807, 2.05) is 13.0 Å². The van der Waals surface area contributed by atoms with Crippen molar-refractivity contribution in [3.8, 4) is 11.5 Å². The highest BCUT2D eigenvalue weighted by Gasteiger charge is 2.24. The van der Waals surface area contributed by atoms with Crippen molar-refractivity contribution in [2.24, 2.45) is 4.99 Å². The summed E-state index contributed by atoms with van der Waals surface area (Å²) in [6, 6.07) is 15.2. The minimum absolute atomic E-state index is 0.0959. The molecule has 184 valence electrons. The molecule has 7 nitrogen and oxygen atoms in total. The molecule has 1 amide bonds. The number of carboxylic acids is 1. The number of aliphatic imine (C=N–C) groups is 1. The number of carboxylic acid groups (broad SMARTS) is 1. The first-order valence-corrected chi connectivity index (χ1v) is 12.2. The van der Waals surface area contributed by atoms with E-state index in [0.29, 0.717) is 43.4 Å². The van der Waals surface area contributed by atoms with Crippen molar-refractivity contribution < 1.29 is 24.2 Å². The van der Waals surface area contributed by atoms with Crippen LogP contribution in [0.1, 0.15) is 27.0 Å². The standard InChI is InChI=1S/C26H20Cl2N2O5S/c1-14-18(27)7-4-8-20(14)29-26-30-24(31)22(36-26)12-16-10-19(28)23(21(11-16)34-2)35-13-15-5-3-6-17(9-15)25(32)33/h3-12H,13H2,1-2H3,(H,32,33)(H,29,30,31)/b22-12+. The van der Waals surface area contributed by atoms with Crippen LogP contribution in [0.2, 0.25) is 10.0 Å². The Kier molecular flexibility index (Phi) is 7.88. The lowest BCUT2D eigenvalue weighted by Crippen LogP contribution is -2.19. The van der Waals surface area contributed by atoms with E-state index in [1.54, 1.807) is 42.5 Å². The molecule has 0 bridgehead atoms. The molecule has 1 aliphatic rings. The molecule has 1 heterocycles. The number of carbonyl (C=O) groups excluding carboxylic acids is 1. The van der Waals surface area contributed by atoms with Crippen molar-refractivity contribution in [2.75, 3.05) is 7.11 Å². The van der Waals surface area contributed by atoms with Crippen molar-refractivity contribution >= 4 is 63.8 Å². The highest BCUT2D eigenvalue weighted by molar-refractivity contribution is 8.18. The van der Waals surface area contributed by atoms with Crippen LogP contribution in [-0.4, -0.2) is 29.3 Å². The van der Waals surface area contributed by atoms with E-state index >= 15 is 0 Å². The molecule has 10 heteroatoms. The van der Waals surface area contributed by atoms with Crippen LogP contribution in [0.3, 0.4) is 0 Å². The Balaban J connectivity index is 1.54. The third-order valence-corrected chi connectivity index (χ3v) is 6.82. The van der Waals surface area contributed by atoms with Crippen LogP contribution in [-0.2, 0) is 11.4 Å². The highest BCUT2D eigenvalue weighted by Crippen LogP contribution is 2.39. The number of rotatable bonds is 7. The maximum atomic E-state index is 12.5. The lowest BCUT2D eigenvalue weighted by atomic mass is 10.1. The molecule has 1 aliphatic heterocycles. The monoisotopic (exact) mass is 542 g/mol. The van der Waals surface area contributed by atoms with Crippen molar-refractivity contribution in [2.45, 2.75) is 13.5 Å². The molecule has 1 fully saturated rings. The molecule has 0 aromatic heterocycles. The Morgan fingerprint density at radius 1 is 1.14 bits per heavy atom. The number of benzene rings is 3. The number of ether oxygens (including phenoxy) is 2. The second kappa shape index (κ2) is 11.1. The molecular formula is C26H20Cl2N2O5S. The van der Waals surface area contributed by atoms with Gasteiger partial charge in [0.25, 0.3) is 5.91 Å². The second-order valence-corrected chi connectivity index (χ2v) is 9.54. The summed E-state index contributed by atoms with van der Waals surface area (Å²) < 4.78 is 11.3. The molecule has 1 saturated heterocycles. The lowest BCUT2D eigenvalue weighted by Gasteiger charge is -2.14. The number of nitrogens with zero attached hydrogens (tertiary/aromatic N) is 1. The zero-order valence-corrected chi connectivity index (χ0v) is 21.5. The quantitative estimate of drug-likeness (QED) is 0.331. The van der Waals surface area contributed by atoms with Gasteiger partial charge in [0, 0.05) is 5.02 Å². The fourth-order valence-electron chi connectivity index (χ4n) is 3.37. The van der Waals surface area contributed by atoms with Crippen molar-refractivity contribution in [1.29, 1.82) is 0 Å². The summed E-state index contributed by atoms with van der Waals surface area (Å²) in [6.45, 7) is 1.96. The summed E-state index contributed by atoms with van der Waals surface area (Å²) in [4.78, 5) is 28.7. The first-order chi connectivity index (χ1) is 17.2. The smallest absolute Gasteiger partial charge is 0.335 e. The van der Waals surface area contributed by atoms with Gasteiger partial charge in [-0.05, 0) is 77.9 Å². The van der Waals surface area contributed by atoms with Crippen LogP contribution in [0.5, 0.6) is 11.5 Å². The Bertz CT molecular complexity index is 1420. The van der Waals surface area contributed by atoms with Crippen LogP contribution < -0.4 is 14.8 Å². The van der Waals surface area contributed by atoms with Crippen LogP contribution in [0, 0.1) is 6.92 Å². The summed E-state index contributed by atoms with van der Waals surface area (Å²) in [5, 5.41) is 13.2. The summed E-state index contributed by atoms with van der Waals surface area (Å²) in [5.74, 6) is -0.624. The van der Waals surface area contributed by atoms with E-state index < -0.39 is 5.97 Å². The normalized spacial score (nSPS) is 15.3. The van der Waals surface area contributed by atoms with E-state index in [4.69, 9.17) is 32.7 Å². The lowest BCUT2D eigenvalue weighted by molar-refractivity contribution is -0.115. The molecule has 0 unspecified atom stereocenters. The van der Waals surface area contributed by atoms with Crippen LogP contribution in [0.15, 0.2) is 64.5 Å². The number of carbonyl (C=O) groups is 2. The number of hydrogen-bond donors (Lipinski definition) is 2. The topological polar surface area (TPSA) is 97.2 Å². The average molecular weight is 543 g/mol. The summed E-state index contributed by atoms with van der Waals surface area (Å²) >= 11 is 13.8. The third-order valence-electron chi connectivity index (χ3n) is 5.22. The maximum absolute atomic E-state index is 12.5. The van der Waals surface area contributed by atoms with Crippen molar-refractivity contribution in [3.05, 3.63) is 91.8 Å². The summed E-state index contributed by atoms with van der Waals surface area (Å²) in [5.41, 5.74) is 2.96. The van der Waals surface area contributed by atoms with E-state index in [2.05, 4.69) is 10.3 Å². The largest absolute Gasteiger partial charge is 0.493 e. The molecule has 2 N–H and O–H groups in total. The zero-order chi connectivity index (χ0) is 25.8. The van der Waals surface area contributed by atoms with Gasteiger partial charge in [-0.1, -0.05) is 41.4 Å². The molecule has 4 rings (SSSR count). The fourth-order valence-corrected chi connectivity index (χ4v) is 4.65. The molecule has 0 spiro atoms. The Hall–Kier alpha value is -3.46. The van der Waals surface area contributed by atoms with E-state index in [-0.39, 0.29) is 23.1 Å². The molecule has 0 radical (unpaired) electrons. The van der Waals surface area contributed by atoms with Gasteiger partial charge in [0.05, 0.1) is 28.3 Å². The first kappa shape index (κ1) is 25.6. The van der Waals surface area contributed by atoms with E-state index in [0.717, 1.165) is 5.56 Å². The van der Waals surface area contributed by atoms with E-state index in [9.17, 15) is 14.7 Å². The summed E-state index contributed by atoms with van der Waals surface area (Å²) in [6.07, 6.45) is 1.68. The number of halogens is 2. The van der Waals surface area contributed by atoms with Gasteiger partial charge < -0.3 is 19.9 Å². The van der Waals surface area contributed by atoms with Gasteiger partial charge in [-0.15, -0.1) is 0 Å². The number of nitrogens with one attached hydrogen (secondary N) is 1. The molecule has 3 aromatic carbocycles. The summed E-state index contributed by atoms with van der Waals surface area (Å²) in [7, 11) is 1.48. The molecule has 0 aliphatic carbocycles. The number of amidine groups is 1. The molecule has 0 atom stereocenters. The van der Waals surface area contributed by atoms with Crippen LogP contribution in [0.4, 0.5) is 5.69 Å². The Labute approximate surface area is 221 Å². The average Bonchev–Trinajstić information content (AvgIpc) is 3.19. The van der Waals surface area contributed by atoms with Crippen molar-refractivity contribution in [3.63, 3.8) is 0 Å². The number of hydrogen-bond acceptors (Lipinski definition) is 6. The van der Waals surface area contributed by atoms with Gasteiger partial charge in [-0.25, -0.2) is 9.79 Å². The van der Waals surface area contributed by atoms with Gasteiger partial charge in [0.15, 0.2) is 16.7 Å². The number of aromatic carboxylic acids is 1. The van der Waals surface area contributed by atoms with E-state index in [1.165, 1.54) is 31.0 Å². The highest BCUT2D eigenvalue weighted by atomic mass is 35.5. The number of amides is 1. The van der Waals surface area contributed by atoms with Crippen molar-refractivity contribution in [1.82, 2.24) is 5.32 Å². The fraction of sp³-hybridized carbons (Fsp3) is 0.115. The minimum Gasteiger partial charge on any atom is -0.493 e. The molecule has 0 saturated carbocycles. The van der Waals surface area contributed by atoms with Crippen LogP contribution >= 0.6 is 35.0 Å². The molecule has 3 aromatic rings. The molecular weight excluding hydrogens is 523 g/mol. The van der Waals surface area contributed by atoms with Gasteiger partial charge in [0.1, 0.15) is 6.61 Å². The van der Waals surface area contributed by atoms with Gasteiger partial charge in [-0.2, -0.15) is 0 Å². The third kappa shape index (κ3) is 5.84. The van der Waals surface area contributed by atoms with Gasteiger partial charge in [-0.3, -0.25) is 4.79 Å². The predicted octanol–water partition coefficient (Wildman–Crippen LogP) is 6.48. The zero-order valence-electron chi connectivity index (χ0n) is 19.2. The van der Waals surface area contributed by atoms with Crippen LogP contribution in [0.25, 0.3) is 6.08 Å². The first-order valence-electron chi connectivity index (χ1n) is 10.6. The maximum Gasteiger partial charge on any atom is 0.335 e. The Morgan fingerprint density at radius 2 is 1.92 bits per heavy atom. The number of thioether (sulfide) groups is 1. The number of methoxy groups -OCH3 is 1. The predicted molar refractivity (Wildman–Crippen MR) is 143 cm³/mol. The van der Waals surface area contributed by atoms with Gasteiger partial charge in [0.2, 0.25) is 0 Å². The van der Waals surface area contributed by atoms with Gasteiger partial charge >= 0.3 is 5.97 Å².